The van der Waals surface area contributed by atoms with Crippen LogP contribution in [-0.4, -0.2) is 21.0 Å². The summed E-state index contributed by atoms with van der Waals surface area (Å²) in [6.45, 7) is 5.42. The lowest BCUT2D eigenvalue weighted by Gasteiger charge is -2.12. The fourth-order valence-electron chi connectivity index (χ4n) is 2.25. The maximum atomic E-state index is 12.4. The highest BCUT2D eigenvalue weighted by atomic mass is 32.2. The van der Waals surface area contributed by atoms with Crippen LogP contribution in [0.5, 0.6) is 0 Å². The zero-order valence-electron chi connectivity index (χ0n) is 12.9. The number of hydrogen-bond donors (Lipinski definition) is 2. The molecule has 2 rings (SSSR count). The second kappa shape index (κ2) is 7.38. The van der Waals surface area contributed by atoms with Crippen LogP contribution in [0.15, 0.2) is 29.2 Å². The molecule has 0 atom stereocenters. The summed E-state index contributed by atoms with van der Waals surface area (Å²) in [5.74, 6) is 0.601. The highest BCUT2D eigenvalue weighted by Gasteiger charge is 2.22. The van der Waals surface area contributed by atoms with E-state index in [4.69, 9.17) is 0 Å². The molecule has 0 saturated heterocycles. The van der Waals surface area contributed by atoms with E-state index < -0.39 is 10.0 Å². The van der Waals surface area contributed by atoms with Crippen molar-refractivity contribution in [2.45, 2.75) is 57.0 Å². The first-order chi connectivity index (χ1) is 9.99. The van der Waals surface area contributed by atoms with E-state index in [1.165, 1.54) is 12.8 Å². The molecule has 0 heterocycles. The van der Waals surface area contributed by atoms with Crippen LogP contribution in [0.25, 0.3) is 0 Å². The van der Waals surface area contributed by atoms with Crippen molar-refractivity contribution < 1.29 is 8.42 Å². The maximum Gasteiger partial charge on any atom is 0.240 e. The molecule has 0 bridgehead atoms. The SMILES string of the molecule is CC(C)CCCNS(=O)(=O)c1ccccc1CNC1CC1. The summed E-state index contributed by atoms with van der Waals surface area (Å²) >= 11 is 0. The predicted octanol–water partition coefficient (Wildman–Crippen LogP) is 2.65. The van der Waals surface area contributed by atoms with Crippen LogP contribution in [0, 0.1) is 5.92 Å². The molecule has 0 radical (unpaired) electrons. The number of benzene rings is 1. The Bertz CT molecular complexity index is 551. The summed E-state index contributed by atoms with van der Waals surface area (Å²) < 4.78 is 27.6. The zero-order valence-corrected chi connectivity index (χ0v) is 13.7. The molecule has 2 N–H and O–H groups in total. The van der Waals surface area contributed by atoms with E-state index in [2.05, 4.69) is 23.9 Å². The van der Waals surface area contributed by atoms with Crippen LogP contribution in [0.2, 0.25) is 0 Å². The van der Waals surface area contributed by atoms with Gasteiger partial charge in [-0.3, -0.25) is 0 Å². The third kappa shape index (κ3) is 5.41. The van der Waals surface area contributed by atoms with Gasteiger partial charge >= 0.3 is 0 Å². The van der Waals surface area contributed by atoms with E-state index in [9.17, 15) is 8.42 Å². The zero-order chi connectivity index (χ0) is 15.3. The molecule has 1 saturated carbocycles. The normalized spacial score (nSPS) is 15.6. The maximum absolute atomic E-state index is 12.4. The predicted molar refractivity (Wildman–Crippen MR) is 85.6 cm³/mol. The second-order valence-electron chi connectivity index (χ2n) is 6.20. The molecule has 118 valence electrons. The Morgan fingerprint density at radius 3 is 2.62 bits per heavy atom. The Kier molecular flexibility index (Phi) is 5.79. The molecule has 1 aromatic rings. The molecule has 0 unspecified atom stereocenters. The van der Waals surface area contributed by atoms with Crippen molar-refractivity contribution in [2.24, 2.45) is 5.92 Å². The first-order valence-electron chi connectivity index (χ1n) is 7.80. The van der Waals surface area contributed by atoms with E-state index in [1.54, 1.807) is 12.1 Å². The minimum absolute atomic E-state index is 0.405. The number of rotatable bonds is 9. The third-order valence-electron chi connectivity index (χ3n) is 3.67. The Morgan fingerprint density at radius 1 is 1.24 bits per heavy atom. The molecule has 1 aromatic carbocycles. The Hall–Kier alpha value is -0.910. The average molecular weight is 310 g/mol. The Balaban J connectivity index is 1.97. The minimum atomic E-state index is -3.41. The molecule has 1 aliphatic rings. The monoisotopic (exact) mass is 310 g/mol. The molecule has 0 amide bonds. The quantitative estimate of drug-likeness (QED) is 0.689. The summed E-state index contributed by atoms with van der Waals surface area (Å²) in [6.07, 6.45) is 4.30. The van der Waals surface area contributed by atoms with Gasteiger partial charge in [0.25, 0.3) is 0 Å². The van der Waals surface area contributed by atoms with Crippen LogP contribution in [0.3, 0.4) is 0 Å². The number of sulfonamides is 1. The Morgan fingerprint density at radius 2 is 1.95 bits per heavy atom. The molecule has 4 nitrogen and oxygen atoms in total. The highest BCUT2D eigenvalue weighted by Crippen LogP contribution is 2.21. The van der Waals surface area contributed by atoms with E-state index in [0.717, 1.165) is 18.4 Å². The third-order valence-corrected chi connectivity index (χ3v) is 5.23. The molecule has 0 aromatic heterocycles. The fourth-order valence-corrected chi connectivity index (χ4v) is 3.56. The molecule has 1 fully saturated rings. The van der Waals surface area contributed by atoms with Gasteiger partial charge in [0.05, 0.1) is 4.90 Å². The van der Waals surface area contributed by atoms with E-state index in [1.807, 2.05) is 12.1 Å². The summed E-state index contributed by atoms with van der Waals surface area (Å²) in [6, 6.07) is 7.82. The number of nitrogens with one attached hydrogen (secondary N) is 2. The standard InChI is InChI=1S/C16H26N2O2S/c1-13(2)6-5-11-18-21(19,20)16-8-4-3-7-14(16)12-17-15-9-10-15/h3-4,7-8,13,15,17-18H,5-6,9-12H2,1-2H3. The summed E-state index contributed by atoms with van der Waals surface area (Å²) in [7, 11) is -3.41. The highest BCUT2D eigenvalue weighted by molar-refractivity contribution is 7.89. The lowest BCUT2D eigenvalue weighted by Crippen LogP contribution is -2.27. The van der Waals surface area contributed by atoms with E-state index in [0.29, 0.717) is 29.9 Å². The van der Waals surface area contributed by atoms with Gasteiger partial charge in [-0.15, -0.1) is 0 Å². The van der Waals surface area contributed by atoms with Crippen molar-refractivity contribution in [3.8, 4) is 0 Å². The molecular formula is C16H26N2O2S. The van der Waals surface area contributed by atoms with E-state index in [-0.39, 0.29) is 0 Å². The first-order valence-corrected chi connectivity index (χ1v) is 9.28. The topological polar surface area (TPSA) is 58.2 Å². The van der Waals surface area contributed by atoms with Crippen LogP contribution in [0.1, 0.15) is 45.1 Å². The molecule has 0 spiro atoms. The lowest BCUT2D eigenvalue weighted by molar-refractivity contribution is 0.539. The van der Waals surface area contributed by atoms with Crippen molar-refractivity contribution in [1.29, 1.82) is 0 Å². The van der Waals surface area contributed by atoms with Gasteiger partial charge < -0.3 is 5.32 Å². The minimum Gasteiger partial charge on any atom is -0.310 e. The molecular weight excluding hydrogens is 284 g/mol. The average Bonchev–Trinajstić information content (AvgIpc) is 3.26. The molecule has 5 heteroatoms. The van der Waals surface area contributed by atoms with Crippen LogP contribution >= 0.6 is 0 Å². The second-order valence-corrected chi connectivity index (χ2v) is 7.93. The summed E-state index contributed by atoms with van der Waals surface area (Å²) in [5.41, 5.74) is 0.848. The fraction of sp³-hybridized carbons (Fsp3) is 0.625. The first kappa shape index (κ1) is 16.5. The van der Waals surface area contributed by atoms with Crippen molar-refractivity contribution in [3.63, 3.8) is 0 Å². The summed E-state index contributed by atoms with van der Waals surface area (Å²) in [5, 5.41) is 3.38. The number of hydrogen-bond acceptors (Lipinski definition) is 3. The van der Waals surface area contributed by atoms with Gasteiger partial charge in [-0.25, -0.2) is 13.1 Å². The van der Waals surface area contributed by atoms with E-state index >= 15 is 0 Å². The van der Waals surface area contributed by atoms with Gasteiger partial charge in [-0.1, -0.05) is 32.0 Å². The van der Waals surface area contributed by atoms with Gasteiger partial charge in [-0.05, 0) is 43.2 Å². The van der Waals surface area contributed by atoms with Gasteiger partial charge in [0.2, 0.25) is 10.0 Å². The van der Waals surface area contributed by atoms with Crippen molar-refractivity contribution in [2.75, 3.05) is 6.54 Å². The largest absolute Gasteiger partial charge is 0.310 e. The van der Waals surface area contributed by atoms with Gasteiger partial charge in [0, 0.05) is 19.1 Å². The summed E-state index contributed by atoms with van der Waals surface area (Å²) in [4.78, 5) is 0.405. The smallest absolute Gasteiger partial charge is 0.240 e. The van der Waals surface area contributed by atoms with Crippen LogP contribution in [-0.2, 0) is 16.6 Å². The van der Waals surface area contributed by atoms with Crippen molar-refractivity contribution in [1.82, 2.24) is 10.0 Å². The molecule has 1 aliphatic carbocycles. The van der Waals surface area contributed by atoms with Crippen LogP contribution < -0.4 is 10.0 Å². The van der Waals surface area contributed by atoms with Gasteiger partial charge in [-0.2, -0.15) is 0 Å². The lowest BCUT2D eigenvalue weighted by atomic mass is 10.1. The van der Waals surface area contributed by atoms with Crippen molar-refractivity contribution >= 4 is 10.0 Å². The Labute approximate surface area is 128 Å². The van der Waals surface area contributed by atoms with Crippen molar-refractivity contribution in [3.05, 3.63) is 29.8 Å². The molecule has 21 heavy (non-hydrogen) atoms. The molecule has 0 aliphatic heterocycles. The van der Waals surface area contributed by atoms with Gasteiger partial charge in [0.15, 0.2) is 0 Å². The van der Waals surface area contributed by atoms with Crippen LogP contribution in [0.4, 0.5) is 0 Å². The van der Waals surface area contributed by atoms with Gasteiger partial charge in [0.1, 0.15) is 0 Å².